The summed E-state index contributed by atoms with van der Waals surface area (Å²) in [4.78, 5) is 0. The van der Waals surface area contributed by atoms with Crippen LogP contribution in [0.4, 0.5) is 0 Å². The van der Waals surface area contributed by atoms with Gasteiger partial charge >= 0.3 is 0 Å². The lowest BCUT2D eigenvalue weighted by Crippen LogP contribution is -2.56. The zero-order valence-corrected chi connectivity index (χ0v) is 22.8. The van der Waals surface area contributed by atoms with Gasteiger partial charge in [-0.15, -0.1) is 5.10 Å². The van der Waals surface area contributed by atoms with Gasteiger partial charge in [0.1, 0.15) is 30.1 Å². The second-order valence-electron chi connectivity index (χ2n) is 10.6. The summed E-state index contributed by atoms with van der Waals surface area (Å²) in [6.45, 7) is 8.10. The number of hydrogen-bond donors (Lipinski definition) is 0. The summed E-state index contributed by atoms with van der Waals surface area (Å²) in [6.07, 6.45) is -0.884. The fourth-order valence-electron chi connectivity index (χ4n) is 4.82. The molecule has 0 saturated carbocycles. The second kappa shape index (κ2) is 10.9. The quantitative estimate of drug-likeness (QED) is 0.379. The molecule has 38 heavy (non-hydrogen) atoms. The maximum atomic E-state index is 12.6. The average Bonchev–Trinajstić information content (AvgIpc) is 3.51. The highest BCUT2D eigenvalue weighted by atomic mass is 32.2. The Labute approximate surface area is 222 Å². The predicted octanol–water partition coefficient (Wildman–Crippen LogP) is 2.13. The molecule has 0 aliphatic carbocycles. The highest BCUT2D eigenvalue weighted by Gasteiger charge is 2.60. The lowest BCUT2D eigenvalue weighted by molar-refractivity contribution is -0.238. The lowest BCUT2D eigenvalue weighted by Gasteiger charge is -2.36. The highest BCUT2D eigenvalue weighted by Crippen LogP contribution is 2.44. The zero-order chi connectivity index (χ0) is 27.0. The van der Waals surface area contributed by atoms with E-state index >= 15 is 0 Å². The molecule has 1 aromatic carbocycles. The van der Waals surface area contributed by atoms with Gasteiger partial charge in [0.15, 0.2) is 17.9 Å². The van der Waals surface area contributed by atoms with Crippen molar-refractivity contribution in [2.45, 2.75) is 96.2 Å². The number of ether oxygens (including phenoxy) is 6. The van der Waals surface area contributed by atoms with E-state index in [2.05, 4.69) is 10.3 Å². The van der Waals surface area contributed by atoms with Crippen molar-refractivity contribution >= 4 is 10.1 Å². The van der Waals surface area contributed by atoms with E-state index < -0.39 is 52.4 Å². The van der Waals surface area contributed by atoms with Crippen LogP contribution in [0.5, 0.6) is 0 Å². The van der Waals surface area contributed by atoms with Gasteiger partial charge in [-0.3, -0.25) is 8.86 Å². The summed E-state index contributed by atoms with van der Waals surface area (Å²) in [7, 11) is -3.83. The molecule has 0 N–H and O–H groups in total. The molecule has 13 heteroatoms. The van der Waals surface area contributed by atoms with Gasteiger partial charge < -0.3 is 28.4 Å². The minimum Gasteiger partial charge on any atom is -0.370 e. The minimum absolute atomic E-state index is 0.185. The van der Waals surface area contributed by atoms with Crippen LogP contribution in [0, 0.1) is 0 Å². The van der Waals surface area contributed by atoms with E-state index in [9.17, 15) is 8.42 Å². The number of rotatable bonds is 11. The summed E-state index contributed by atoms with van der Waals surface area (Å²) >= 11 is 0. The van der Waals surface area contributed by atoms with Crippen molar-refractivity contribution in [2.24, 2.45) is 0 Å². The summed E-state index contributed by atoms with van der Waals surface area (Å²) < 4.78 is 67.7. The smallest absolute Gasteiger partial charge is 0.267 e. The Balaban J connectivity index is 1.08. The van der Waals surface area contributed by atoms with E-state index in [-0.39, 0.29) is 12.4 Å². The number of benzene rings is 1. The third-order valence-corrected chi connectivity index (χ3v) is 7.68. The van der Waals surface area contributed by atoms with Gasteiger partial charge in [-0.2, -0.15) is 8.42 Å². The lowest BCUT2D eigenvalue weighted by atomic mass is 9.99. The predicted molar refractivity (Wildman–Crippen MR) is 132 cm³/mol. The van der Waals surface area contributed by atoms with Gasteiger partial charge in [-0.25, -0.2) is 0 Å². The summed E-state index contributed by atoms with van der Waals surface area (Å²) in [5.41, 5.74) is 1.74. The van der Waals surface area contributed by atoms with E-state index in [0.29, 0.717) is 31.9 Å². The van der Waals surface area contributed by atoms with Crippen LogP contribution in [-0.2, 0) is 62.5 Å². The van der Waals surface area contributed by atoms with Crippen LogP contribution in [0.15, 0.2) is 36.5 Å². The average molecular weight is 554 g/mol. The largest absolute Gasteiger partial charge is 0.370 e. The molecular formula is C25H35N3O9S. The number of fused-ring (bicyclic) bond motifs is 3. The molecule has 0 radical (unpaired) electrons. The van der Waals surface area contributed by atoms with Crippen LogP contribution in [-0.4, -0.2) is 78.1 Å². The Morgan fingerprint density at radius 2 is 1.66 bits per heavy atom. The minimum atomic E-state index is -3.83. The topological polar surface area (TPSA) is 129 Å². The van der Waals surface area contributed by atoms with E-state index in [4.69, 9.17) is 32.6 Å². The van der Waals surface area contributed by atoms with Gasteiger partial charge in [-0.1, -0.05) is 35.5 Å². The first-order chi connectivity index (χ1) is 18.0. The van der Waals surface area contributed by atoms with Gasteiger partial charge in [-0.05, 0) is 39.7 Å². The molecule has 0 spiro atoms. The molecule has 5 rings (SSSR count). The summed E-state index contributed by atoms with van der Waals surface area (Å²) in [5, 5.41) is 8.13. The fourth-order valence-corrected chi connectivity index (χ4v) is 5.76. The molecule has 2 aromatic rings. The van der Waals surface area contributed by atoms with Crippen LogP contribution in [0.25, 0.3) is 0 Å². The van der Waals surface area contributed by atoms with Crippen molar-refractivity contribution in [1.82, 2.24) is 15.0 Å². The molecule has 3 aliphatic rings. The Kier molecular flexibility index (Phi) is 7.91. The first kappa shape index (κ1) is 27.6. The zero-order valence-electron chi connectivity index (χ0n) is 22.0. The molecule has 3 saturated heterocycles. The molecule has 1 aromatic heterocycles. The molecule has 12 nitrogen and oxygen atoms in total. The first-order valence-corrected chi connectivity index (χ1v) is 14.3. The van der Waals surface area contributed by atoms with Crippen molar-refractivity contribution in [3.63, 3.8) is 0 Å². The van der Waals surface area contributed by atoms with Crippen molar-refractivity contribution in [3.8, 4) is 0 Å². The van der Waals surface area contributed by atoms with Crippen LogP contribution < -0.4 is 0 Å². The molecule has 0 bridgehead atoms. The van der Waals surface area contributed by atoms with Gasteiger partial charge in [0.25, 0.3) is 10.1 Å². The van der Waals surface area contributed by atoms with Crippen LogP contribution in [0.3, 0.4) is 0 Å². The van der Waals surface area contributed by atoms with E-state index in [0.717, 1.165) is 5.56 Å². The molecule has 3 fully saturated rings. The molecule has 5 atom stereocenters. The Hall–Kier alpha value is -1.97. The number of aromatic nitrogens is 3. The first-order valence-electron chi connectivity index (χ1n) is 12.7. The monoisotopic (exact) mass is 553 g/mol. The van der Waals surface area contributed by atoms with Crippen molar-refractivity contribution in [2.75, 3.05) is 12.4 Å². The Morgan fingerprint density at radius 1 is 0.947 bits per heavy atom. The van der Waals surface area contributed by atoms with Crippen LogP contribution >= 0.6 is 0 Å². The standard InChI is InChI=1S/C25H35N3O9S/c1-24(2)34-20-19(33-23-22(21(20)35-24)36-25(3,4)37-23)16-32-38(29,30)12-8-11-28-13-18(26-27-28)15-31-14-17-9-6-5-7-10-17/h5-7,9-10,13,19-23H,8,11-12,14-16H2,1-4H3. The van der Waals surface area contributed by atoms with Crippen LogP contribution in [0.1, 0.15) is 45.4 Å². The SMILES string of the molecule is CC1(C)OC2OC(COS(=O)(=O)CCCn3cc(COCc4ccccc4)nn3)C3OC(C)(C)OC3C2O1. The number of nitrogens with zero attached hydrogens (tertiary/aromatic N) is 3. The second-order valence-corrected chi connectivity index (χ2v) is 12.3. The van der Waals surface area contributed by atoms with Crippen LogP contribution in [0.2, 0.25) is 0 Å². The summed E-state index contributed by atoms with van der Waals surface area (Å²) in [5.74, 6) is -1.91. The molecule has 0 amide bonds. The third kappa shape index (κ3) is 6.77. The van der Waals surface area contributed by atoms with E-state index in [1.165, 1.54) is 0 Å². The molecule has 3 aliphatic heterocycles. The third-order valence-electron chi connectivity index (χ3n) is 6.39. The molecule has 210 valence electrons. The van der Waals surface area contributed by atoms with Gasteiger partial charge in [0.2, 0.25) is 0 Å². The van der Waals surface area contributed by atoms with Crippen molar-refractivity contribution in [1.29, 1.82) is 0 Å². The van der Waals surface area contributed by atoms with Gasteiger partial charge in [0, 0.05) is 6.54 Å². The Bertz CT molecular complexity index is 1190. The van der Waals surface area contributed by atoms with E-state index in [1.807, 2.05) is 30.3 Å². The maximum absolute atomic E-state index is 12.6. The van der Waals surface area contributed by atoms with Crippen molar-refractivity contribution < 1.29 is 41.0 Å². The van der Waals surface area contributed by atoms with Gasteiger partial charge in [0.05, 0.1) is 31.8 Å². The maximum Gasteiger partial charge on any atom is 0.267 e. The van der Waals surface area contributed by atoms with E-state index in [1.54, 1.807) is 38.6 Å². The fraction of sp³-hybridized carbons (Fsp3) is 0.680. The Morgan fingerprint density at radius 3 is 2.45 bits per heavy atom. The normalized spacial score (nSPS) is 29.7. The molecule has 4 heterocycles. The van der Waals surface area contributed by atoms with Crippen molar-refractivity contribution in [3.05, 3.63) is 47.8 Å². The number of aryl methyl sites for hydroxylation is 1. The highest BCUT2D eigenvalue weighted by molar-refractivity contribution is 7.86. The molecular weight excluding hydrogens is 518 g/mol. The number of hydrogen-bond acceptors (Lipinski definition) is 11. The summed E-state index contributed by atoms with van der Waals surface area (Å²) in [6, 6.07) is 9.84. The molecule has 5 unspecified atom stereocenters.